The number of carbonyl (C=O) groups is 1. The number of hydrogen-bond acceptors (Lipinski definition) is 3. The topological polar surface area (TPSA) is 51.5 Å². The summed E-state index contributed by atoms with van der Waals surface area (Å²) < 4.78 is 11.5. The van der Waals surface area contributed by atoms with Crippen LogP contribution in [0.4, 0.5) is 5.69 Å². The largest absolute Gasteiger partial charge is 0.484 e. The van der Waals surface area contributed by atoms with Crippen LogP contribution in [-0.2, 0) is 4.79 Å². The zero-order chi connectivity index (χ0) is 18.1. The maximum absolute atomic E-state index is 12.2. The van der Waals surface area contributed by atoms with Crippen LogP contribution in [0.25, 0.3) is 21.9 Å². The molecule has 0 aliphatic heterocycles. The van der Waals surface area contributed by atoms with Crippen LogP contribution in [0.5, 0.6) is 5.75 Å². The van der Waals surface area contributed by atoms with Crippen LogP contribution >= 0.6 is 0 Å². The van der Waals surface area contributed by atoms with Gasteiger partial charge in [0.2, 0.25) is 0 Å². The summed E-state index contributed by atoms with van der Waals surface area (Å²) in [5.74, 6) is 0.453. The summed E-state index contributed by atoms with van der Waals surface area (Å²) in [4.78, 5) is 12.2. The van der Waals surface area contributed by atoms with E-state index in [9.17, 15) is 4.79 Å². The minimum Gasteiger partial charge on any atom is -0.484 e. The first kappa shape index (κ1) is 16.2. The molecule has 3 aromatic carbocycles. The molecular formula is C22H19NO3. The van der Waals surface area contributed by atoms with Gasteiger partial charge in [-0.2, -0.15) is 0 Å². The Morgan fingerprint density at radius 3 is 2.62 bits per heavy atom. The number of anilines is 1. The minimum atomic E-state index is -0.186. The molecule has 4 aromatic rings. The molecule has 0 aliphatic carbocycles. The van der Waals surface area contributed by atoms with E-state index < -0.39 is 0 Å². The van der Waals surface area contributed by atoms with Gasteiger partial charge in [0.05, 0.1) is 0 Å². The van der Waals surface area contributed by atoms with Crippen LogP contribution in [0, 0.1) is 13.8 Å². The molecule has 1 aromatic heterocycles. The molecule has 26 heavy (non-hydrogen) atoms. The molecule has 0 bridgehead atoms. The third-order valence-electron chi connectivity index (χ3n) is 4.37. The molecule has 4 heteroatoms. The number of ether oxygens (including phenoxy) is 1. The summed E-state index contributed by atoms with van der Waals surface area (Å²) in [6, 6.07) is 19.4. The standard InChI is InChI=1S/C22H19NO3/c1-14-7-9-19(15(2)11-14)23-22(24)13-25-16-8-10-21-18(12-16)17-5-3-4-6-20(17)26-21/h3-12H,13H2,1-2H3,(H,23,24). The van der Waals surface area contributed by atoms with E-state index in [2.05, 4.69) is 5.32 Å². The van der Waals surface area contributed by atoms with Crippen LogP contribution in [0.2, 0.25) is 0 Å². The average Bonchev–Trinajstić information content (AvgIpc) is 3.00. The molecule has 1 amide bonds. The first-order chi connectivity index (χ1) is 12.6. The Labute approximate surface area is 151 Å². The van der Waals surface area contributed by atoms with Crippen LogP contribution < -0.4 is 10.1 Å². The number of rotatable bonds is 4. The molecule has 0 saturated carbocycles. The van der Waals surface area contributed by atoms with E-state index in [-0.39, 0.29) is 12.5 Å². The maximum Gasteiger partial charge on any atom is 0.262 e. The van der Waals surface area contributed by atoms with Crippen molar-refractivity contribution in [1.82, 2.24) is 0 Å². The summed E-state index contributed by atoms with van der Waals surface area (Å²) in [5, 5.41) is 4.90. The quantitative estimate of drug-likeness (QED) is 0.552. The molecule has 0 atom stereocenters. The van der Waals surface area contributed by atoms with Crippen molar-refractivity contribution < 1.29 is 13.9 Å². The van der Waals surface area contributed by atoms with E-state index >= 15 is 0 Å². The molecule has 1 N–H and O–H groups in total. The summed E-state index contributed by atoms with van der Waals surface area (Å²) in [5.41, 5.74) is 4.65. The van der Waals surface area contributed by atoms with Gasteiger partial charge in [-0.05, 0) is 49.7 Å². The van der Waals surface area contributed by atoms with E-state index in [1.54, 1.807) is 0 Å². The number of carbonyl (C=O) groups excluding carboxylic acids is 1. The number of aryl methyl sites for hydroxylation is 2. The van der Waals surface area contributed by atoms with Crippen LogP contribution in [-0.4, -0.2) is 12.5 Å². The monoisotopic (exact) mass is 345 g/mol. The highest BCUT2D eigenvalue weighted by Gasteiger charge is 2.09. The Bertz CT molecular complexity index is 1110. The fraction of sp³-hybridized carbons (Fsp3) is 0.136. The average molecular weight is 345 g/mol. The van der Waals surface area contributed by atoms with Gasteiger partial charge in [0.15, 0.2) is 6.61 Å². The number of para-hydroxylation sites is 1. The van der Waals surface area contributed by atoms with E-state index in [1.165, 1.54) is 0 Å². The molecule has 130 valence electrons. The van der Waals surface area contributed by atoms with Gasteiger partial charge >= 0.3 is 0 Å². The van der Waals surface area contributed by atoms with Crippen molar-refractivity contribution >= 4 is 33.5 Å². The second-order valence-corrected chi connectivity index (χ2v) is 6.41. The number of nitrogens with one attached hydrogen (secondary N) is 1. The summed E-state index contributed by atoms with van der Waals surface area (Å²) in [6.45, 7) is 3.95. The molecule has 0 radical (unpaired) electrons. The fourth-order valence-electron chi connectivity index (χ4n) is 3.08. The zero-order valence-electron chi connectivity index (χ0n) is 14.7. The Morgan fingerprint density at radius 2 is 1.77 bits per heavy atom. The molecule has 1 heterocycles. The second kappa shape index (κ2) is 6.56. The highest BCUT2D eigenvalue weighted by Crippen LogP contribution is 2.31. The van der Waals surface area contributed by atoms with Crippen molar-refractivity contribution in [3.05, 3.63) is 71.8 Å². The van der Waals surface area contributed by atoms with Crippen molar-refractivity contribution in [2.24, 2.45) is 0 Å². The first-order valence-electron chi connectivity index (χ1n) is 8.51. The summed E-state index contributed by atoms with van der Waals surface area (Å²) >= 11 is 0. The predicted octanol–water partition coefficient (Wildman–Crippen LogP) is 5.22. The molecule has 0 saturated heterocycles. The van der Waals surface area contributed by atoms with E-state index in [4.69, 9.17) is 9.15 Å². The molecular weight excluding hydrogens is 326 g/mol. The molecule has 0 spiro atoms. The lowest BCUT2D eigenvalue weighted by Gasteiger charge is -2.10. The van der Waals surface area contributed by atoms with Crippen LogP contribution in [0.1, 0.15) is 11.1 Å². The van der Waals surface area contributed by atoms with Crippen LogP contribution in [0.3, 0.4) is 0 Å². The third-order valence-corrected chi connectivity index (χ3v) is 4.37. The van der Waals surface area contributed by atoms with Crippen molar-refractivity contribution in [1.29, 1.82) is 0 Å². The normalized spacial score (nSPS) is 11.0. The van der Waals surface area contributed by atoms with Gasteiger partial charge in [-0.3, -0.25) is 4.79 Å². The van der Waals surface area contributed by atoms with E-state index in [0.29, 0.717) is 5.75 Å². The van der Waals surface area contributed by atoms with Gasteiger partial charge in [0.1, 0.15) is 16.9 Å². The predicted molar refractivity (Wildman–Crippen MR) is 104 cm³/mol. The molecule has 0 unspecified atom stereocenters. The molecule has 0 fully saturated rings. The van der Waals surface area contributed by atoms with Gasteiger partial charge < -0.3 is 14.5 Å². The molecule has 4 rings (SSSR count). The Kier molecular flexibility index (Phi) is 4.09. The fourth-order valence-corrected chi connectivity index (χ4v) is 3.08. The SMILES string of the molecule is Cc1ccc(NC(=O)COc2ccc3oc4ccccc4c3c2)c(C)c1. The van der Waals surface area contributed by atoms with Gasteiger partial charge in [-0.1, -0.05) is 35.9 Å². The first-order valence-corrected chi connectivity index (χ1v) is 8.51. The molecule has 4 nitrogen and oxygen atoms in total. The summed E-state index contributed by atoms with van der Waals surface area (Å²) in [6.07, 6.45) is 0. The van der Waals surface area contributed by atoms with Crippen LogP contribution in [0.15, 0.2) is 65.1 Å². The smallest absolute Gasteiger partial charge is 0.262 e. The Balaban J connectivity index is 1.48. The van der Waals surface area contributed by atoms with Crippen molar-refractivity contribution in [2.45, 2.75) is 13.8 Å². The molecule has 0 aliphatic rings. The number of benzene rings is 3. The highest BCUT2D eigenvalue weighted by atomic mass is 16.5. The van der Waals surface area contributed by atoms with E-state index in [0.717, 1.165) is 38.8 Å². The lowest BCUT2D eigenvalue weighted by molar-refractivity contribution is -0.118. The third kappa shape index (κ3) is 3.14. The minimum absolute atomic E-state index is 0.0470. The summed E-state index contributed by atoms with van der Waals surface area (Å²) in [7, 11) is 0. The van der Waals surface area contributed by atoms with Crippen molar-refractivity contribution in [2.75, 3.05) is 11.9 Å². The second-order valence-electron chi connectivity index (χ2n) is 6.41. The Morgan fingerprint density at radius 1 is 0.962 bits per heavy atom. The lowest BCUT2D eigenvalue weighted by atomic mass is 10.1. The lowest BCUT2D eigenvalue weighted by Crippen LogP contribution is -2.20. The number of amides is 1. The number of fused-ring (bicyclic) bond motifs is 3. The Hall–Kier alpha value is -3.27. The van der Waals surface area contributed by atoms with Gasteiger partial charge in [0.25, 0.3) is 5.91 Å². The van der Waals surface area contributed by atoms with Gasteiger partial charge in [-0.15, -0.1) is 0 Å². The van der Waals surface area contributed by atoms with E-state index in [1.807, 2.05) is 74.5 Å². The number of furan rings is 1. The number of hydrogen-bond donors (Lipinski definition) is 1. The highest BCUT2D eigenvalue weighted by molar-refractivity contribution is 6.05. The van der Waals surface area contributed by atoms with Gasteiger partial charge in [0, 0.05) is 16.5 Å². The maximum atomic E-state index is 12.2. The van der Waals surface area contributed by atoms with Gasteiger partial charge in [-0.25, -0.2) is 0 Å². The zero-order valence-corrected chi connectivity index (χ0v) is 14.7. The van der Waals surface area contributed by atoms with Crippen molar-refractivity contribution in [3.63, 3.8) is 0 Å². The van der Waals surface area contributed by atoms with Crippen molar-refractivity contribution in [3.8, 4) is 5.75 Å².